The lowest BCUT2D eigenvalue weighted by molar-refractivity contribution is 0.438. The summed E-state index contributed by atoms with van der Waals surface area (Å²) in [5, 5.41) is 3.56. The summed E-state index contributed by atoms with van der Waals surface area (Å²) in [6.45, 7) is 9.88. The fourth-order valence-electron chi connectivity index (χ4n) is 1.94. The van der Waals surface area contributed by atoms with Gasteiger partial charge in [0.05, 0.1) is 0 Å². The van der Waals surface area contributed by atoms with Gasteiger partial charge in [0.15, 0.2) is 0 Å². The van der Waals surface area contributed by atoms with Crippen molar-refractivity contribution >= 4 is 15.9 Å². The van der Waals surface area contributed by atoms with Gasteiger partial charge in [0.1, 0.15) is 0 Å². The Kier molecular flexibility index (Phi) is 5.50. The third-order valence-electron chi connectivity index (χ3n) is 2.74. The van der Waals surface area contributed by atoms with E-state index in [4.69, 9.17) is 0 Å². The van der Waals surface area contributed by atoms with E-state index in [2.05, 4.69) is 67.1 Å². The molecule has 0 bridgehead atoms. The lowest BCUT2D eigenvalue weighted by Crippen LogP contribution is -2.22. The van der Waals surface area contributed by atoms with E-state index >= 15 is 0 Å². The first-order valence-corrected chi connectivity index (χ1v) is 6.83. The molecule has 1 N–H and O–H groups in total. The van der Waals surface area contributed by atoms with Gasteiger partial charge < -0.3 is 5.32 Å². The molecule has 0 aliphatic carbocycles. The van der Waals surface area contributed by atoms with Crippen LogP contribution in [0.4, 0.5) is 0 Å². The third-order valence-corrected chi connectivity index (χ3v) is 3.63. The van der Waals surface area contributed by atoms with Gasteiger partial charge in [-0.05, 0) is 43.0 Å². The van der Waals surface area contributed by atoms with Crippen LogP contribution in [0, 0.1) is 12.8 Å². The van der Waals surface area contributed by atoms with Crippen LogP contribution >= 0.6 is 15.9 Å². The maximum Gasteiger partial charge on any atom is 0.0322 e. The summed E-state index contributed by atoms with van der Waals surface area (Å²) in [5.74, 6) is 0.716. The Morgan fingerprint density at radius 3 is 2.50 bits per heavy atom. The van der Waals surface area contributed by atoms with E-state index in [0.717, 1.165) is 6.54 Å². The molecule has 0 aliphatic rings. The molecule has 0 spiro atoms. The van der Waals surface area contributed by atoms with Crippen LogP contribution in [0.3, 0.4) is 0 Å². The molecule has 0 radical (unpaired) electrons. The van der Waals surface area contributed by atoms with E-state index in [1.54, 1.807) is 0 Å². The van der Waals surface area contributed by atoms with Crippen LogP contribution in [0.2, 0.25) is 0 Å². The zero-order chi connectivity index (χ0) is 12.1. The second-order valence-electron chi connectivity index (χ2n) is 4.75. The molecule has 1 atom stereocenters. The van der Waals surface area contributed by atoms with Gasteiger partial charge >= 0.3 is 0 Å². The highest BCUT2D eigenvalue weighted by molar-refractivity contribution is 9.10. The summed E-state index contributed by atoms with van der Waals surface area (Å²) in [6, 6.07) is 7.12. The quantitative estimate of drug-likeness (QED) is 0.842. The molecule has 0 saturated heterocycles. The average molecular weight is 284 g/mol. The lowest BCUT2D eigenvalue weighted by Gasteiger charge is -2.21. The molecule has 0 amide bonds. The summed E-state index contributed by atoms with van der Waals surface area (Å²) >= 11 is 3.55. The summed E-state index contributed by atoms with van der Waals surface area (Å²) in [7, 11) is 0. The van der Waals surface area contributed by atoms with Crippen molar-refractivity contribution in [3.05, 3.63) is 33.8 Å². The molecule has 1 aromatic rings. The van der Waals surface area contributed by atoms with E-state index in [9.17, 15) is 0 Å². The summed E-state index contributed by atoms with van der Waals surface area (Å²) in [6.07, 6.45) is 1.19. The van der Waals surface area contributed by atoms with Crippen molar-refractivity contribution in [1.29, 1.82) is 0 Å². The minimum Gasteiger partial charge on any atom is -0.310 e. The minimum absolute atomic E-state index is 0.483. The number of rotatable bonds is 5. The molecule has 1 unspecified atom stereocenters. The molecule has 1 aromatic carbocycles. The van der Waals surface area contributed by atoms with E-state index < -0.39 is 0 Å². The monoisotopic (exact) mass is 283 g/mol. The molecule has 1 nitrogen and oxygen atoms in total. The van der Waals surface area contributed by atoms with Crippen LogP contribution in [0.5, 0.6) is 0 Å². The second kappa shape index (κ2) is 6.41. The van der Waals surface area contributed by atoms with Crippen LogP contribution in [0.15, 0.2) is 22.7 Å². The van der Waals surface area contributed by atoms with Gasteiger partial charge in [-0.1, -0.05) is 48.8 Å². The minimum atomic E-state index is 0.483. The third kappa shape index (κ3) is 3.91. The zero-order valence-corrected chi connectivity index (χ0v) is 12.3. The van der Waals surface area contributed by atoms with Gasteiger partial charge in [-0.15, -0.1) is 0 Å². The first-order valence-electron chi connectivity index (χ1n) is 6.04. The van der Waals surface area contributed by atoms with Gasteiger partial charge in [0, 0.05) is 10.5 Å². The Bertz CT molecular complexity index is 334. The van der Waals surface area contributed by atoms with Crippen molar-refractivity contribution in [3.8, 4) is 0 Å². The number of hydrogen-bond donors (Lipinski definition) is 1. The highest BCUT2D eigenvalue weighted by Gasteiger charge is 2.12. The Morgan fingerprint density at radius 2 is 2.00 bits per heavy atom. The van der Waals surface area contributed by atoms with Crippen LogP contribution in [0.1, 0.15) is 44.4 Å². The molecular formula is C14H22BrN. The Morgan fingerprint density at radius 1 is 1.31 bits per heavy atom. The smallest absolute Gasteiger partial charge is 0.0322 e. The number of nitrogens with one attached hydrogen (secondary N) is 1. The molecular weight excluding hydrogens is 262 g/mol. The van der Waals surface area contributed by atoms with Crippen LogP contribution in [-0.4, -0.2) is 6.54 Å². The van der Waals surface area contributed by atoms with Crippen molar-refractivity contribution in [3.63, 3.8) is 0 Å². The van der Waals surface area contributed by atoms with Crippen molar-refractivity contribution in [2.24, 2.45) is 5.92 Å². The first-order chi connectivity index (χ1) is 7.54. The number of hydrogen-bond acceptors (Lipinski definition) is 1. The molecule has 16 heavy (non-hydrogen) atoms. The van der Waals surface area contributed by atoms with Crippen LogP contribution < -0.4 is 5.32 Å². The van der Waals surface area contributed by atoms with Gasteiger partial charge in [-0.2, -0.15) is 0 Å². The van der Waals surface area contributed by atoms with Crippen LogP contribution in [-0.2, 0) is 0 Å². The predicted octanol–water partition coefficient (Wildman–Crippen LogP) is 4.45. The Hall–Kier alpha value is -0.340. The topological polar surface area (TPSA) is 12.0 Å². The number of aryl methyl sites for hydroxylation is 1. The SMILES string of the molecule is CCNC(CC(C)C)c1ccc(Br)c(C)c1. The Labute approximate surface area is 108 Å². The van der Waals surface area contributed by atoms with Gasteiger partial charge in [0.2, 0.25) is 0 Å². The van der Waals surface area contributed by atoms with E-state index in [1.807, 2.05) is 0 Å². The van der Waals surface area contributed by atoms with Gasteiger partial charge in [0.25, 0.3) is 0 Å². The standard InChI is InChI=1S/C14H22BrN/c1-5-16-14(8-10(2)3)12-6-7-13(15)11(4)9-12/h6-7,9-10,14,16H,5,8H2,1-4H3. The molecule has 0 heterocycles. The first kappa shape index (κ1) is 13.7. The molecule has 0 aromatic heterocycles. The number of benzene rings is 1. The molecule has 0 aliphatic heterocycles. The lowest BCUT2D eigenvalue weighted by atomic mass is 9.96. The summed E-state index contributed by atoms with van der Waals surface area (Å²) < 4.78 is 1.19. The fourth-order valence-corrected chi connectivity index (χ4v) is 2.19. The fraction of sp³-hybridized carbons (Fsp3) is 0.571. The van der Waals surface area contributed by atoms with Crippen molar-refractivity contribution in [1.82, 2.24) is 5.32 Å². The zero-order valence-electron chi connectivity index (χ0n) is 10.7. The maximum absolute atomic E-state index is 3.56. The van der Waals surface area contributed by atoms with Crippen molar-refractivity contribution in [2.75, 3.05) is 6.54 Å². The van der Waals surface area contributed by atoms with Gasteiger partial charge in [-0.3, -0.25) is 0 Å². The highest BCUT2D eigenvalue weighted by atomic mass is 79.9. The average Bonchev–Trinajstić information content (AvgIpc) is 2.21. The normalized spacial score (nSPS) is 13.1. The molecule has 90 valence electrons. The maximum atomic E-state index is 3.56. The summed E-state index contributed by atoms with van der Waals surface area (Å²) in [4.78, 5) is 0. The molecule has 2 heteroatoms. The van der Waals surface area contributed by atoms with Crippen molar-refractivity contribution in [2.45, 2.75) is 40.2 Å². The molecule has 0 saturated carbocycles. The second-order valence-corrected chi connectivity index (χ2v) is 5.60. The van der Waals surface area contributed by atoms with Gasteiger partial charge in [-0.25, -0.2) is 0 Å². The molecule has 0 fully saturated rings. The number of halogens is 1. The molecule has 1 rings (SSSR count). The van der Waals surface area contributed by atoms with Crippen molar-refractivity contribution < 1.29 is 0 Å². The largest absolute Gasteiger partial charge is 0.310 e. The van der Waals surface area contributed by atoms with E-state index in [-0.39, 0.29) is 0 Å². The Balaban J connectivity index is 2.87. The van der Waals surface area contributed by atoms with Crippen LogP contribution in [0.25, 0.3) is 0 Å². The predicted molar refractivity (Wildman–Crippen MR) is 74.8 cm³/mol. The highest BCUT2D eigenvalue weighted by Crippen LogP contribution is 2.25. The van der Waals surface area contributed by atoms with E-state index in [0.29, 0.717) is 12.0 Å². The summed E-state index contributed by atoms with van der Waals surface area (Å²) in [5.41, 5.74) is 2.71. The van der Waals surface area contributed by atoms with E-state index in [1.165, 1.54) is 22.0 Å².